The van der Waals surface area contributed by atoms with E-state index in [0.29, 0.717) is 12.5 Å². The fraction of sp³-hybridized carbons (Fsp3) is 0.520. The first-order valence-electron chi connectivity index (χ1n) is 11.3. The first-order chi connectivity index (χ1) is 15.1. The van der Waals surface area contributed by atoms with Crippen molar-refractivity contribution in [2.75, 3.05) is 19.3 Å². The summed E-state index contributed by atoms with van der Waals surface area (Å²) in [5.41, 5.74) is 3.21. The molecule has 2 aromatic rings. The van der Waals surface area contributed by atoms with Gasteiger partial charge in [0.05, 0.1) is 12.3 Å². The van der Waals surface area contributed by atoms with E-state index in [9.17, 15) is 0 Å². The third-order valence-corrected chi connectivity index (χ3v) is 12.1. The van der Waals surface area contributed by atoms with Gasteiger partial charge in [0.15, 0.2) is 13.5 Å². The van der Waals surface area contributed by atoms with Crippen molar-refractivity contribution in [3.8, 4) is 0 Å². The summed E-state index contributed by atoms with van der Waals surface area (Å²) >= 11 is 8.04. The van der Waals surface area contributed by atoms with Crippen LogP contribution in [0.25, 0.3) is 0 Å². The number of aliphatic imine (C=N–C) groups is 1. The third-order valence-electron chi connectivity index (χ3n) is 6.71. The molecule has 0 atom stereocenters. The van der Waals surface area contributed by atoms with E-state index >= 15 is 0 Å². The molecule has 0 aliphatic carbocycles. The van der Waals surface area contributed by atoms with Crippen LogP contribution in [0.2, 0.25) is 23.2 Å². The highest BCUT2D eigenvalue weighted by Crippen LogP contribution is 2.38. The number of nitrogens with zero attached hydrogens (tertiary/aromatic N) is 3. The molecule has 2 heterocycles. The van der Waals surface area contributed by atoms with Gasteiger partial charge in [-0.1, -0.05) is 50.2 Å². The first kappa shape index (κ1) is 25.3. The Bertz CT molecular complexity index is 923. The number of piperidine rings is 1. The fourth-order valence-corrected chi connectivity index (χ4v) is 5.36. The van der Waals surface area contributed by atoms with E-state index in [-0.39, 0.29) is 5.04 Å². The summed E-state index contributed by atoms with van der Waals surface area (Å²) in [7, 11) is -1.86. The van der Waals surface area contributed by atoms with Gasteiger partial charge in [-0.15, -0.1) is 0 Å². The molecule has 1 fully saturated rings. The Hall–Kier alpha value is -1.34. The van der Waals surface area contributed by atoms with Gasteiger partial charge < -0.3 is 9.33 Å². The zero-order chi connectivity index (χ0) is 23.4. The Kier molecular flexibility index (Phi) is 8.47. The van der Waals surface area contributed by atoms with Gasteiger partial charge in [-0.3, -0.25) is 4.98 Å². The van der Waals surface area contributed by atoms with Crippen molar-refractivity contribution < 1.29 is 4.43 Å². The number of pyridine rings is 1. The van der Waals surface area contributed by atoms with Crippen LogP contribution >= 0.6 is 23.4 Å². The third kappa shape index (κ3) is 6.37. The van der Waals surface area contributed by atoms with Crippen molar-refractivity contribution >= 4 is 42.5 Å². The summed E-state index contributed by atoms with van der Waals surface area (Å²) in [6, 6.07) is 12.1. The number of hydrogen-bond donors (Lipinski definition) is 0. The Balaban J connectivity index is 1.74. The molecular weight excluding hydrogens is 454 g/mol. The van der Waals surface area contributed by atoms with Crippen LogP contribution in [-0.2, 0) is 11.0 Å². The lowest BCUT2D eigenvalue weighted by Gasteiger charge is -2.36. The molecule has 32 heavy (non-hydrogen) atoms. The Morgan fingerprint density at radius 1 is 1.22 bits per heavy atom. The summed E-state index contributed by atoms with van der Waals surface area (Å²) in [5, 5.41) is 1.94. The zero-order valence-electron chi connectivity index (χ0n) is 20.2. The van der Waals surface area contributed by atoms with Gasteiger partial charge in [-0.2, -0.15) is 0 Å². The van der Waals surface area contributed by atoms with Gasteiger partial charge >= 0.3 is 0 Å². The van der Waals surface area contributed by atoms with E-state index in [1.54, 1.807) is 11.8 Å². The van der Waals surface area contributed by atoms with Crippen LogP contribution in [0.3, 0.4) is 0 Å². The van der Waals surface area contributed by atoms with Crippen LogP contribution in [0.4, 0.5) is 5.69 Å². The molecule has 174 valence electrons. The van der Waals surface area contributed by atoms with E-state index in [1.165, 1.54) is 5.69 Å². The molecule has 1 saturated heterocycles. The number of benzene rings is 1. The number of rotatable bonds is 5. The topological polar surface area (TPSA) is 37.7 Å². The van der Waals surface area contributed by atoms with Gasteiger partial charge in [-0.25, -0.2) is 4.99 Å². The monoisotopic (exact) mass is 489 g/mol. The Labute approximate surface area is 204 Å². The highest BCUT2D eigenvalue weighted by molar-refractivity contribution is 8.13. The number of thioether (sulfide) groups is 1. The summed E-state index contributed by atoms with van der Waals surface area (Å²) in [6.07, 6.45) is 6.19. The fourth-order valence-electron chi connectivity index (χ4n) is 3.59. The molecule has 0 N–H and O–H groups in total. The number of halogens is 1. The highest BCUT2D eigenvalue weighted by atomic mass is 35.5. The van der Waals surface area contributed by atoms with Gasteiger partial charge in [0.25, 0.3) is 0 Å². The van der Waals surface area contributed by atoms with Gasteiger partial charge in [-0.05, 0) is 67.6 Å². The number of amidine groups is 1. The summed E-state index contributed by atoms with van der Waals surface area (Å²) < 4.78 is 6.48. The zero-order valence-corrected chi connectivity index (χ0v) is 22.8. The molecule has 0 amide bonds. The number of aromatic nitrogens is 1. The quantitative estimate of drug-likeness (QED) is 0.247. The van der Waals surface area contributed by atoms with E-state index in [4.69, 9.17) is 21.0 Å². The molecule has 0 saturated carbocycles. The van der Waals surface area contributed by atoms with Crippen LogP contribution in [0, 0.1) is 0 Å². The maximum Gasteiger partial charge on any atom is 0.192 e. The second-order valence-corrected chi connectivity index (χ2v) is 16.0. The average Bonchev–Trinajstić information content (AvgIpc) is 2.77. The minimum atomic E-state index is -1.86. The lowest BCUT2D eigenvalue weighted by Crippen LogP contribution is -2.40. The second kappa shape index (κ2) is 10.7. The second-order valence-electron chi connectivity index (χ2n) is 9.94. The maximum absolute atomic E-state index is 6.48. The minimum Gasteiger partial charge on any atom is -0.412 e. The SMILES string of the molecule is CS/C(=N\c1ccc(Cl)cc1CO[Si](C)(C)C(C)(C)C)N1CCC(c2ccccn2)CC1. The molecule has 0 unspecified atom stereocenters. The minimum absolute atomic E-state index is 0.164. The molecule has 1 aromatic carbocycles. The number of likely N-dealkylation sites (tertiary alicyclic amines) is 1. The lowest BCUT2D eigenvalue weighted by atomic mass is 9.93. The lowest BCUT2D eigenvalue weighted by molar-refractivity contribution is 0.277. The summed E-state index contributed by atoms with van der Waals surface area (Å²) in [6.45, 7) is 13.9. The van der Waals surface area contributed by atoms with Crippen molar-refractivity contribution in [2.24, 2.45) is 4.99 Å². The number of hydrogen-bond acceptors (Lipinski definition) is 4. The van der Waals surface area contributed by atoms with Crippen molar-refractivity contribution in [2.45, 2.75) is 64.3 Å². The standard InChI is InChI=1S/C25H36ClN3OSSi/c1-25(2,3)32(5,6)30-18-20-17-21(26)10-11-23(20)28-24(31-4)29-15-12-19(13-16-29)22-9-7-8-14-27-22/h7-11,14,17,19H,12-13,15-16,18H2,1-6H3/b28-24-. The smallest absolute Gasteiger partial charge is 0.192 e. The van der Waals surface area contributed by atoms with Crippen LogP contribution in [0.1, 0.15) is 50.8 Å². The van der Waals surface area contributed by atoms with Crippen molar-refractivity contribution in [3.63, 3.8) is 0 Å². The molecular formula is C25H36ClN3OSSi. The largest absolute Gasteiger partial charge is 0.412 e. The Morgan fingerprint density at radius 3 is 2.53 bits per heavy atom. The van der Waals surface area contributed by atoms with Crippen molar-refractivity contribution in [1.29, 1.82) is 0 Å². The van der Waals surface area contributed by atoms with E-state index < -0.39 is 8.32 Å². The molecule has 1 aliphatic rings. The van der Waals surface area contributed by atoms with E-state index in [0.717, 1.165) is 47.4 Å². The maximum atomic E-state index is 6.48. The first-order valence-corrected chi connectivity index (χ1v) is 15.8. The summed E-state index contributed by atoms with van der Waals surface area (Å²) in [4.78, 5) is 12.0. The van der Waals surface area contributed by atoms with E-state index in [2.05, 4.69) is 62.1 Å². The molecule has 7 heteroatoms. The average molecular weight is 490 g/mol. The van der Waals surface area contributed by atoms with Gasteiger partial charge in [0, 0.05) is 41.5 Å². The van der Waals surface area contributed by atoms with Gasteiger partial charge in [0.1, 0.15) is 0 Å². The van der Waals surface area contributed by atoms with Crippen LogP contribution in [0.15, 0.2) is 47.6 Å². The molecule has 0 radical (unpaired) electrons. The normalized spacial score (nSPS) is 16.5. The van der Waals surface area contributed by atoms with Crippen molar-refractivity contribution in [3.05, 3.63) is 58.9 Å². The summed E-state index contributed by atoms with van der Waals surface area (Å²) in [5.74, 6) is 0.527. The highest BCUT2D eigenvalue weighted by Gasteiger charge is 2.37. The van der Waals surface area contributed by atoms with Crippen LogP contribution in [-0.4, -0.2) is 42.7 Å². The van der Waals surface area contributed by atoms with Gasteiger partial charge in [0.2, 0.25) is 0 Å². The molecule has 4 nitrogen and oxygen atoms in total. The Morgan fingerprint density at radius 2 is 1.94 bits per heavy atom. The molecule has 0 bridgehead atoms. The van der Waals surface area contributed by atoms with Crippen LogP contribution in [0.5, 0.6) is 0 Å². The molecule has 1 aliphatic heterocycles. The molecule has 1 aromatic heterocycles. The molecule has 0 spiro atoms. The predicted octanol–water partition coefficient (Wildman–Crippen LogP) is 7.49. The van der Waals surface area contributed by atoms with Crippen LogP contribution < -0.4 is 0 Å². The van der Waals surface area contributed by atoms with Crippen molar-refractivity contribution in [1.82, 2.24) is 9.88 Å². The predicted molar refractivity (Wildman–Crippen MR) is 142 cm³/mol. The molecule has 3 rings (SSSR count). The van der Waals surface area contributed by atoms with E-state index in [1.807, 2.05) is 30.5 Å².